The van der Waals surface area contributed by atoms with Crippen LogP contribution >= 0.6 is 0 Å². The molecule has 0 amide bonds. The third kappa shape index (κ3) is 3.53. The van der Waals surface area contributed by atoms with Gasteiger partial charge in [0, 0.05) is 25.0 Å². The lowest BCUT2D eigenvalue weighted by Gasteiger charge is -2.08. The van der Waals surface area contributed by atoms with Gasteiger partial charge >= 0.3 is 0 Å². The molecule has 0 aliphatic carbocycles. The Labute approximate surface area is 106 Å². The molecule has 0 radical (unpaired) electrons. The number of ether oxygens (including phenoxy) is 1. The van der Waals surface area contributed by atoms with Crippen molar-refractivity contribution in [3.63, 3.8) is 0 Å². The molecular formula is C14H15FN2O. The predicted molar refractivity (Wildman–Crippen MR) is 67.7 cm³/mol. The maximum Gasteiger partial charge on any atom is 0.127 e. The molecule has 18 heavy (non-hydrogen) atoms. The van der Waals surface area contributed by atoms with E-state index in [0.29, 0.717) is 18.9 Å². The number of hydrogen-bond acceptors (Lipinski definition) is 3. The van der Waals surface area contributed by atoms with Crippen LogP contribution < -0.4 is 10.1 Å². The number of aromatic nitrogens is 1. The van der Waals surface area contributed by atoms with Crippen LogP contribution in [0.2, 0.25) is 0 Å². The molecule has 4 heteroatoms. The topological polar surface area (TPSA) is 34.1 Å². The Morgan fingerprint density at radius 2 is 1.94 bits per heavy atom. The van der Waals surface area contributed by atoms with Crippen molar-refractivity contribution >= 4 is 0 Å². The van der Waals surface area contributed by atoms with E-state index in [0.717, 1.165) is 11.1 Å². The van der Waals surface area contributed by atoms with Crippen LogP contribution in [-0.4, -0.2) is 12.0 Å². The summed E-state index contributed by atoms with van der Waals surface area (Å²) in [6.07, 6.45) is 3.41. The van der Waals surface area contributed by atoms with Crippen molar-refractivity contribution in [2.75, 3.05) is 7.05 Å². The summed E-state index contributed by atoms with van der Waals surface area (Å²) in [4.78, 5) is 3.93. The second kappa shape index (κ2) is 6.12. The maximum absolute atomic E-state index is 13.4. The maximum atomic E-state index is 13.4. The minimum atomic E-state index is -0.285. The Morgan fingerprint density at radius 3 is 2.67 bits per heavy atom. The van der Waals surface area contributed by atoms with Crippen molar-refractivity contribution in [2.24, 2.45) is 0 Å². The highest BCUT2D eigenvalue weighted by molar-refractivity contribution is 5.30. The Balaban J connectivity index is 2.05. The molecule has 0 aliphatic heterocycles. The molecule has 0 saturated carbocycles. The Bertz CT molecular complexity index is 502. The minimum absolute atomic E-state index is 0.285. The lowest BCUT2D eigenvalue weighted by molar-refractivity contribution is 0.304. The molecule has 1 N–H and O–H groups in total. The van der Waals surface area contributed by atoms with Gasteiger partial charge in [0.15, 0.2) is 0 Å². The summed E-state index contributed by atoms with van der Waals surface area (Å²) in [6, 6.07) is 8.46. The standard InChI is InChI=1S/C14H15FN2O/c1-16-9-12-6-13(15)8-14(7-12)18-10-11-2-4-17-5-3-11/h2-8,16H,9-10H2,1H3. The molecule has 0 spiro atoms. The van der Waals surface area contributed by atoms with Crippen LogP contribution in [0.15, 0.2) is 42.7 Å². The number of benzene rings is 1. The smallest absolute Gasteiger partial charge is 0.127 e. The molecule has 0 atom stereocenters. The van der Waals surface area contributed by atoms with Crippen LogP contribution in [-0.2, 0) is 13.2 Å². The third-order valence-corrected chi connectivity index (χ3v) is 2.47. The average Bonchev–Trinajstić information content (AvgIpc) is 2.37. The second-order valence-corrected chi connectivity index (χ2v) is 3.97. The van der Waals surface area contributed by atoms with Gasteiger partial charge in [-0.2, -0.15) is 0 Å². The van der Waals surface area contributed by atoms with Crippen LogP contribution in [0, 0.1) is 5.82 Å². The molecule has 1 heterocycles. The van der Waals surface area contributed by atoms with E-state index < -0.39 is 0 Å². The Kier molecular flexibility index (Phi) is 4.25. The highest BCUT2D eigenvalue weighted by Crippen LogP contribution is 2.17. The number of hydrogen-bond donors (Lipinski definition) is 1. The molecular weight excluding hydrogens is 231 g/mol. The summed E-state index contributed by atoms with van der Waals surface area (Å²) in [5.41, 5.74) is 1.87. The first-order valence-electron chi connectivity index (χ1n) is 5.73. The minimum Gasteiger partial charge on any atom is -0.489 e. The summed E-state index contributed by atoms with van der Waals surface area (Å²) < 4.78 is 18.9. The van der Waals surface area contributed by atoms with Crippen molar-refractivity contribution in [2.45, 2.75) is 13.2 Å². The number of rotatable bonds is 5. The van der Waals surface area contributed by atoms with Gasteiger partial charge < -0.3 is 10.1 Å². The van der Waals surface area contributed by atoms with E-state index in [1.165, 1.54) is 12.1 Å². The first kappa shape index (κ1) is 12.5. The molecule has 2 rings (SSSR count). The zero-order chi connectivity index (χ0) is 12.8. The lowest BCUT2D eigenvalue weighted by atomic mass is 10.2. The fraction of sp³-hybridized carbons (Fsp3) is 0.214. The average molecular weight is 246 g/mol. The first-order chi connectivity index (χ1) is 8.78. The number of nitrogens with zero attached hydrogens (tertiary/aromatic N) is 1. The van der Waals surface area contributed by atoms with E-state index in [1.54, 1.807) is 12.4 Å². The van der Waals surface area contributed by atoms with Gasteiger partial charge in [-0.1, -0.05) is 0 Å². The van der Waals surface area contributed by atoms with E-state index in [-0.39, 0.29) is 5.82 Å². The monoisotopic (exact) mass is 246 g/mol. The third-order valence-electron chi connectivity index (χ3n) is 2.47. The summed E-state index contributed by atoms with van der Waals surface area (Å²) in [5.74, 6) is 0.254. The fourth-order valence-corrected chi connectivity index (χ4v) is 1.66. The van der Waals surface area contributed by atoms with Crippen LogP contribution in [0.4, 0.5) is 4.39 Å². The number of halogens is 1. The molecule has 0 unspecified atom stereocenters. The van der Waals surface area contributed by atoms with Crippen LogP contribution in [0.5, 0.6) is 5.75 Å². The molecule has 1 aromatic heterocycles. The Morgan fingerprint density at radius 1 is 1.17 bits per heavy atom. The van der Waals surface area contributed by atoms with Gasteiger partial charge in [-0.05, 0) is 42.4 Å². The number of pyridine rings is 1. The predicted octanol–water partition coefficient (Wildman–Crippen LogP) is 2.52. The molecule has 0 bridgehead atoms. The van der Waals surface area contributed by atoms with Gasteiger partial charge in [0.1, 0.15) is 18.2 Å². The van der Waals surface area contributed by atoms with Crippen molar-refractivity contribution < 1.29 is 9.13 Å². The highest BCUT2D eigenvalue weighted by atomic mass is 19.1. The normalized spacial score (nSPS) is 10.3. The highest BCUT2D eigenvalue weighted by Gasteiger charge is 2.02. The van der Waals surface area contributed by atoms with Gasteiger partial charge in [-0.15, -0.1) is 0 Å². The van der Waals surface area contributed by atoms with Crippen molar-refractivity contribution in [3.8, 4) is 5.75 Å². The molecule has 2 aromatic rings. The Hall–Kier alpha value is -1.94. The molecule has 0 saturated heterocycles. The van der Waals surface area contributed by atoms with Gasteiger partial charge in [-0.25, -0.2) is 4.39 Å². The van der Waals surface area contributed by atoms with E-state index >= 15 is 0 Å². The van der Waals surface area contributed by atoms with Crippen molar-refractivity contribution in [1.82, 2.24) is 10.3 Å². The van der Waals surface area contributed by atoms with Crippen LogP contribution in [0.1, 0.15) is 11.1 Å². The van der Waals surface area contributed by atoms with E-state index in [9.17, 15) is 4.39 Å². The SMILES string of the molecule is CNCc1cc(F)cc(OCc2ccncc2)c1. The van der Waals surface area contributed by atoms with Gasteiger partial charge in [0.2, 0.25) is 0 Å². The molecule has 0 fully saturated rings. The fourth-order valence-electron chi connectivity index (χ4n) is 1.66. The summed E-state index contributed by atoms with van der Waals surface area (Å²) >= 11 is 0. The zero-order valence-corrected chi connectivity index (χ0v) is 10.2. The quantitative estimate of drug-likeness (QED) is 0.880. The molecule has 0 aliphatic rings. The first-order valence-corrected chi connectivity index (χ1v) is 5.73. The molecule has 1 aromatic carbocycles. The second-order valence-electron chi connectivity index (χ2n) is 3.97. The van der Waals surface area contributed by atoms with Gasteiger partial charge in [0.25, 0.3) is 0 Å². The van der Waals surface area contributed by atoms with Gasteiger partial charge in [-0.3, -0.25) is 4.98 Å². The zero-order valence-electron chi connectivity index (χ0n) is 10.2. The summed E-state index contributed by atoms with van der Waals surface area (Å²) in [5, 5.41) is 2.98. The summed E-state index contributed by atoms with van der Waals surface area (Å²) in [7, 11) is 1.82. The van der Waals surface area contributed by atoms with E-state index in [2.05, 4.69) is 10.3 Å². The molecule has 3 nitrogen and oxygen atoms in total. The largest absolute Gasteiger partial charge is 0.489 e. The number of nitrogens with one attached hydrogen (secondary N) is 1. The van der Waals surface area contributed by atoms with Crippen LogP contribution in [0.25, 0.3) is 0 Å². The van der Waals surface area contributed by atoms with Crippen molar-refractivity contribution in [3.05, 3.63) is 59.7 Å². The van der Waals surface area contributed by atoms with E-state index in [1.807, 2.05) is 25.2 Å². The van der Waals surface area contributed by atoms with Gasteiger partial charge in [0.05, 0.1) is 0 Å². The van der Waals surface area contributed by atoms with E-state index in [4.69, 9.17) is 4.74 Å². The van der Waals surface area contributed by atoms with Crippen molar-refractivity contribution in [1.29, 1.82) is 0 Å². The molecule has 94 valence electrons. The lowest BCUT2D eigenvalue weighted by Crippen LogP contribution is -2.06. The van der Waals surface area contributed by atoms with Crippen LogP contribution in [0.3, 0.4) is 0 Å². The summed E-state index contributed by atoms with van der Waals surface area (Å²) in [6.45, 7) is 1.02.